The van der Waals surface area contributed by atoms with Gasteiger partial charge in [0.2, 0.25) is 0 Å². The summed E-state index contributed by atoms with van der Waals surface area (Å²) in [6, 6.07) is 8.72. The molecule has 0 amide bonds. The maximum atomic E-state index is 10.2. The maximum Gasteiger partial charge on any atom is 0.381 e. The molecule has 2 nitrogen and oxygen atoms in total. The smallest absolute Gasteiger partial charge is 0.381 e. The summed E-state index contributed by atoms with van der Waals surface area (Å²) in [4.78, 5) is 10.2. The van der Waals surface area contributed by atoms with E-state index >= 15 is 0 Å². The van der Waals surface area contributed by atoms with Crippen LogP contribution in [0.15, 0.2) is 24.3 Å². The van der Waals surface area contributed by atoms with Crippen LogP contribution in [-0.2, 0) is 17.6 Å². The molecule has 0 unspecified atom stereocenters. The molecule has 0 spiro atoms. The van der Waals surface area contributed by atoms with Gasteiger partial charge in [0.15, 0.2) is 0 Å². The molecule has 0 radical (unpaired) electrons. The second-order valence-corrected chi connectivity index (χ2v) is 5.04. The van der Waals surface area contributed by atoms with Gasteiger partial charge in [0.25, 0.3) is 0 Å². The molecule has 0 aliphatic rings. The minimum Gasteiger partial charge on any atom is -0.472 e. The van der Waals surface area contributed by atoms with E-state index in [2.05, 4.69) is 43.0 Å². The predicted octanol–water partition coefficient (Wildman–Crippen LogP) is 4.22. The number of rotatable bonds is 8. The maximum absolute atomic E-state index is 10.2. The lowest BCUT2D eigenvalue weighted by Gasteiger charge is -2.08. The number of unbranched alkanes of at least 4 members (excludes halogenated alkanes) is 4. The van der Waals surface area contributed by atoms with Crippen molar-refractivity contribution < 1.29 is 9.90 Å². The van der Waals surface area contributed by atoms with Crippen LogP contribution in [0, 0.1) is 11.8 Å². The number of hydrogen-bond donors (Lipinski definition) is 1. The van der Waals surface area contributed by atoms with Crippen LogP contribution in [0.3, 0.4) is 0 Å². The van der Waals surface area contributed by atoms with E-state index in [9.17, 15) is 4.79 Å². The van der Waals surface area contributed by atoms with Gasteiger partial charge in [-0.2, -0.15) is 0 Å². The van der Waals surface area contributed by atoms with Crippen LogP contribution in [0.4, 0.5) is 0 Å². The summed E-state index contributed by atoms with van der Waals surface area (Å²) in [6.45, 7) is 2.22. The van der Waals surface area contributed by atoms with Crippen LogP contribution in [0.1, 0.15) is 56.6 Å². The van der Waals surface area contributed by atoms with E-state index < -0.39 is 5.97 Å². The first kappa shape index (κ1) is 16.3. The van der Waals surface area contributed by atoms with Crippen molar-refractivity contribution in [2.24, 2.45) is 0 Å². The summed E-state index contributed by atoms with van der Waals surface area (Å²) in [5.41, 5.74) is 2.97. The highest BCUT2D eigenvalue weighted by Gasteiger charge is 2.00. The standard InChI is InChI=1S/C18H24O2/c1-2-11-16-13-9-10-14-17(16)12-7-5-3-4-6-8-15-18(19)20/h9-10,13-14H,2-7,11-12H2,1H3,(H,19,20). The molecule has 1 rings (SSSR count). The van der Waals surface area contributed by atoms with Crippen molar-refractivity contribution in [3.63, 3.8) is 0 Å². The van der Waals surface area contributed by atoms with Crippen LogP contribution >= 0.6 is 0 Å². The number of aryl methyl sites for hydroxylation is 2. The fraction of sp³-hybridized carbons (Fsp3) is 0.500. The number of hydrogen-bond acceptors (Lipinski definition) is 1. The topological polar surface area (TPSA) is 37.3 Å². The van der Waals surface area contributed by atoms with Crippen molar-refractivity contribution in [1.82, 2.24) is 0 Å². The third-order valence-corrected chi connectivity index (χ3v) is 3.33. The molecular weight excluding hydrogens is 248 g/mol. The molecule has 1 aromatic rings. The van der Waals surface area contributed by atoms with E-state index in [0.29, 0.717) is 6.42 Å². The lowest BCUT2D eigenvalue weighted by molar-refractivity contribution is -0.130. The zero-order valence-electron chi connectivity index (χ0n) is 12.3. The van der Waals surface area contributed by atoms with E-state index in [1.807, 2.05) is 0 Å². The lowest BCUT2D eigenvalue weighted by atomic mass is 9.98. The first-order valence-electron chi connectivity index (χ1n) is 7.52. The average Bonchev–Trinajstić information content (AvgIpc) is 2.43. The number of carbonyl (C=O) groups is 1. The van der Waals surface area contributed by atoms with Crippen LogP contribution in [-0.4, -0.2) is 11.1 Å². The third-order valence-electron chi connectivity index (χ3n) is 3.33. The number of carboxylic acid groups (broad SMARTS) is 1. The van der Waals surface area contributed by atoms with E-state index in [-0.39, 0.29) is 0 Å². The Morgan fingerprint density at radius 1 is 1.05 bits per heavy atom. The molecule has 0 fully saturated rings. The Morgan fingerprint density at radius 3 is 2.35 bits per heavy atom. The molecule has 0 heterocycles. The van der Waals surface area contributed by atoms with Gasteiger partial charge in [0.1, 0.15) is 0 Å². The molecule has 0 aromatic heterocycles. The molecule has 0 bridgehead atoms. The quantitative estimate of drug-likeness (QED) is 0.568. The molecule has 0 atom stereocenters. The Labute approximate surface area is 122 Å². The molecule has 1 N–H and O–H groups in total. The van der Waals surface area contributed by atoms with E-state index in [1.54, 1.807) is 0 Å². The zero-order valence-corrected chi connectivity index (χ0v) is 12.3. The number of carboxylic acids is 1. The van der Waals surface area contributed by atoms with E-state index in [4.69, 9.17) is 5.11 Å². The molecule has 0 saturated heterocycles. The van der Waals surface area contributed by atoms with Crippen molar-refractivity contribution in [3.05, 3.63) is 35.4 Å². The number of aliphatic carboxylic acids is 1. The van der Waals surface area contributed by atoms with Gasteiger partial charge in [-0.05, 0) is 36.8 Å². The van der Waals surface area contributed by atoms with Crippen LogP contribution < -0.4 is 0 Å². The Bertz CT molecular complexity index is 466. The summed E-state index contributed by atoms with van der Waals surface area (Å²) in [7, 11) is 0. The monoisotopic (exact) mass is 272 g/mol. The van der Waals surface area contributed by atoms with Gasteiger partial charge >= 0.3 is 5.97 Å². The van der Waals surface area contributed by atoms with Crippen molar-refractivity contribution in [2.45, 2.75) is 58.3 Å². The lowest BCUT2D eigenvalue weighted by Crippen LogP contribution is -1.94. The van der Waals surface area contributed by atoms with Gasteiger partial charge in [-0.3, -0.25) is 0 Å². The van der Waals surface area contributed by atoms with Crippen LogP contribution in [0.25, 0.3) is 0 Å². The number of benzene rings is 1. The zero-order chi connectivity index (χ0) is 14.6. The van der Waals surface area contributed by atoms with Crippen LogP contribution in [0.5, 0.6) is 0 Å². The van der Waals surface area contributed by atoms with Crippen molar-refractivity contribution in [2.75, 3.05) is 0 Å². The molecule has 108 valence electrons. The molecule has 0 aliphatic carbocycles. The van der Waals surface area contributed by atoms with Gasteiger partial charge < -0.3 is 5.11 Å². The minimum atomic E-state index is -1.03. The van der Waals surface area contributed by atoms with Gasteiger partial charge in [-0.15, -0.1) is 0 Å². The summed E-state index contributed by atoms with van der Waals surface area (Å²) in [6.07, 6.45) is 8.72. The molecule has 20 heavy (non-hydrogen) atoms. The predicted molar refractivity (Wildman–Crippen MR) is 82.6 cm³/mol. The Balaban J connectivity index is 2.19. The Morgan fingerprint density at radius 2 is 1.70 bits per heavy atom. The molecule has 0 aliphatic heterocycles. The van der Waals surface area contributed by atoms with Crippen molar-refractivity contribution >= 4 is 5.97 Å². The molecular formula is C18H24O2. The fourth-order valence-corrected chi connectivity index (χ4v) is 2.34. The normalized spacial score (nSPS) is 9.85. The molecule has 1 aromatic carbocycles. The molecule has 0 saturated carbocycles. The highest BCUT2D eigenvalue weighted by atomic mass is 16.4. The molecule has 2 heteroatoms. The average molecular weight is 272 g/mol. The summed E-state index contributed by atoms with van der Waals surface area (Å²) >= 11 is 0. The second-order valence-electron chi connectivity index (χ2n) is 5.04. The first-order valence-corrected chi connectivity index (χ1v) is 7.52. The minimum absolute atomic E-state index is 0.693. The van der Waals surface area contributed by atoms with Gasteiger partial charge in [0, 0.05) is 12.3 Å². The third kappa shape index (κ3) is 6.99. The second kappa shape index (κ2) is 10.1. The SMILES string of the molecule is CCCc1ccccc1CCCCCCC#CC(=O)O. The largest absolute Gasteiger partial charge is 0.472 e. The fourth-order valence-electron chi connectivity index (χ4n) is 2.34. The summed E-state index contributed by atoms with van der Waals surface area (Å²) in [5.74, 6) is 3.79. The Kier molecular flexibility index (Phi) is 8.22. The van der Waals surface area contributed by atoms with Gasteiger partial charge in [-0.1, -0.05) is 56.4 Å². The van der Waals surface area contributed by atoms with Gasteiger partial charge in [0.05, 0.1) is 0 Å². The van der Waals surface area contributed by atoms with Crippen molar-refractivity contribution in [3.8, 4) is 11.8 Å². The van der Waals surface area contributed by atoms with E-state index in [1.165, 1.54) is 36.8 Å². The Hall–Kier alpha value is -1.75. The summed E-state index contributed by atoms with van der Waals surface area (Å²) in [5, 5.41) is 8.38. The van der Waals surface area contributed by atoms with Gasteiger partial charge in [-0.25, -0.2) is 4.79 Å². The first-order chi connectivity index (χ1) is 9.74. The summed E-state index contributed by atoms with van der Waals surface area (Å²) < 4.78 is 0. The highest BCUT2D eigenvalue weighted by molar-refractivity contribution is 5.86. The van der Waals surface area contributed by atoms with E-state index in [0.717, 1.165) is 19.3 Å². The van der Waals surface area contributed by atoms with Crippen LogP contribution in [0.2, 0.25) is 0 Å². The van der Waals surface area contributed by atoms with Crippen molar-refractivity contribution in [1.29, 1.82) is 0 Å². The highest BCUT2D eigenvalue weighted by Crippen LogP contribution is 2.15.